The smallest absolute Gasteiger partial charge is 0.205 e. The minimum Gasteiger partial charge on any atom is -0.490 e. The summed E-state index contributed by atoms with van der Waals surface area (Å²) in [6.45, 7) is 0.117. The van der Waals surface area contributed by atoms with Crippen molar-refractivity contribution in [1.82, 2.24) is 39.9 Å². The standard InChI is InChI=1S/C30H23N9O4S/c1-2-16-40-24(7-1)28(27-31-12-5-13-32-27)20-39(26-10-18-42-37-26)29(21-9-15-34-35-21,22-11-19-44-38-22)30(43-28,25-8-4-17-41-25)23-6-3-14-33-36-23/h1-19,24H,20H2,(H,34,35). The number of aromatic nitrogens is 8. The largest absolute Gasteiger partial charge is 0.490 e. The Morgan fingerprint density at radius 2 is 1.89 bits per heavy atom. The molecule has 8 rings (SSSR count). The average molecular weight is 606 g/mol. The minimum absolute atomic E-state index is 0.117. The Morgan fingerprint density at radius 1 is 0.932 bits per heavy atom. The molecular formula is C30H23N9O4S. The highest BCUT2D eigenvalue weighted by Crippen LogP contribution is 2.62. The second-order valence-corrected chi connectivity index (χ2v) is 10.8. The number of hydrogen-bond acceptors (Lipinski definition) is 13. The van der Waals surface area contributed by atoms with Crippen LogP contribution in [0.3, 0.4) is 0 Å². The molecule has 0 bridgehead atoms. The third kappa shape index (κ3) is 3.64. The molecule has 4 unspecified atom stereocenters. The lowest BCUT2D eigenvalue weighted by Gasteiger charge is -2.61. The van der Waals surface area contributed by atoms with E-state index >= 15 is 0 Å². The summed E-state index contributed by atoms with van der Waals surface area (Å²) in [6.07, 6.45) is 16.3. The molecule has 2 aliphatic heterocycles. The summed E-state index contributed by atoms with van der Waals surface area (Å²) in [6, 6.07) is 14.6. The van der Waals surface area contributed by atoms with Crippen LogP contribution in [0.4, 0.5) is 5.82 Å². The van der Waals surface area contributed by atoms with Gasteiger partial charge in [-0.15, -0.1) is 0 Å². The molecule has 14 heteroatoms. The van der Waals surface area contributed by atoms with Crippen molar-refractivity contribution in [2.24, 2.45) is 0 Å². The van der Waals surface area contributed by atoms with Gasteiger partial charge < -0.3 is 23.3 Å². The first kappa shape index (κ1) is 26.2. The Morgan fingerprint density at radius 3 is 2.57 bits per heavy atom. The molecule has 6 aromatic heterocycles. The summed E-state index contributed by atoms with van der Waals surface area (Å²) >= 11 is 1.30. The van der Waals surface area contributed by atoms with E-state index < -0.39 is 22.8 Å². The maximum absolute atomic E-state index is 7.70. The molecule has 0 spiro atoms. The molecule has 0 radical (unpaired) electrons. The fourth-order valence-electron chi connectivity index (χ4n) is 6.29. The van der Waals surface area contributed by atoms with Gasteiger partial charge in [0.15, 0.2) is 28.9 Å². The van der Waals surface area contributed by atoms with Crippen LogP contribution in [0, 0.1) is 0 Å². The molecule has 4 atom stereocenters. The zero-order chi connectivity index (χ0) is 29.5. The van der Waals surface area contributed by atoms with Crippen LogP contribution in [0.5, 0.6) is 0 Å². The molecule has 2 aliphatic rings. The van der Waals surface area contributed by atoms with Crippen molar-refractivity contribution in [2.75, 3.05) is 11.4 Å². The van der Waals surface area contributed by atoms with E-state index in [1.165, 1.54) is 17.8 Å². The number of furan rings is 1. The third-order valence-corrected chi connectivity index (χ3v) is 8.51. The molecule has 0 amide bonds. The first-order chi connectivity index (χ1) is 21.8. The van der Waals surface area contributed by atoms with E-state index in [2.05, 4.69) is 25.6 Å². The number of rotatable bonds is 7. The predicted molar refractivity (Wildman–Crippen MR) is 155 cm³/mol. The molecular weight excluding hydrogens is 582 g/mol. The first-order valence-electron chi connectivity index (χ1n) is 13.7. The van der Waals surface area contributed by atoms with Gasteiger partial charge in [0.1, 0.15) is 17.7 Å². The highest BCUT2D eigenvalue weighted by Gasteiger charge is 2.73. The van der Waals surface area contributed by atoms with Crippen LogP contribution >= 0.6 is 11.5 Å². The van der Waals surface area contributed by atoms with Gasteiger partial charge in [-0.1, -0.05) is 11.2 Å². The monoisotopic (exact) mass is 605 g/mol. The van der Waals surface area contributed by atoms with Crippen molar-refractivity contribution in [3.63, 3.8) is 0 Å². The number of ether oxygens (including phenoxy) is 2. The van der Waals surface area contributed by atoms with Gasteiger partial charge in [0.25, 0.3) is 0 Å². The van der Waals surface area contributed by atoms with Crippen molar-refractivity contribution < 1.29 is 18.4 Å². The normalized spacial score (nSPS) is 26.5. The van der Waals surface area contributed by atoms with Gasteiger partial charge in [-0.2, -0.15) is 19.7 Å². The van der Waals surface area contributed by atoms with E-state index in [-0.39, 0.29) is 6.54 Å². The van der Waals surface area contributed by atoms with Gasteiger partial charge >= 0.3 is 0 Å². The Bertz CT molecular complexity index is 1830. The number of allylic oxidation sites excluding steroid dienone is 2. The number of H-pyrrole nitrogens is 1. The van der Waals surface area contributed by atoms with Crippen molar-refractivity contribution in [3.8, 4) is 0 Å². The van der Waals surface area contributed by atoms with E-state index in [0.29, 0.717) is 34.5 Å². The maximum Gasteiger partial charge on any atom is 0.205 e. The maximum atomic E-state index is 7.70. The summed E-state index contributed by atoms with van der Waals surface area (Å²) in [5.74, 6) is 1.26. The molecule has 1 saturated heterocycles. The number of nitrogens with one attached hydrogen (secondary N) is 1. The number of anilines is 1. The highest BCUT2D eigenvalue weighted by molar-refractivity contribution is 7.03. The van der Waals surface area contributed by atoms with E-state index in [4.69, 9.17) is 32.8 Å². The highest BCUT2D eigenvalue weighted by atomic mass is 32.1. The summed E-state index contributed by atoms with van der Waals surface area (Å²) in [4.78, 5) is 11.5. The van der Waals surface area contributed by atoms with E-state index in [1.54, 1.807) is 67.7 Å². The molecule has 1 N–H and O–H groups in total. The van der Waals surface area contributed by atoms with Crippen LogP contribution in [0.25, 0.3) is 0 Å². The van der Waals surface area contributed by atoms with Crippen LogP contribution in [0.1, 0.15) is 28.7 Å². The summed E-state index contributed by atoms with van der Waals surface area (Å²) in [5.41, 5.74) is -2.79. The molecule has 0 aromatic carbocycles. The predicted octanol–water partition coefficient (Wildman–Crippen LogP) is 4.12. The van der Waals surface area contributed by atoms with Crippen LogP contribution in [0.15, 0.2) is 125 Å². The summed E-state index contributed by atoms with van der Waals surface area (Å²) in [5, 5.41) is 23.0. The molecule has 6 aromatic rings. The fourth-order valence-corrected chi connectivity index (χ4v) is 6.85. The second-order valence-electron chi connectivity index (χ2n) is 10.1. The third-order valence-electron chi connectivity index (χ3n) is 7.95. The minimum atomic E-state index is -1.65. The van der Waals surface area contributed by atoms with Crippen LogP contribution in [-0.4, -0.2) is 52.5 Å². The van der Waals surface area contributed by atoms with Crippen LogP contribution in [0.2, 0.25) is 0 Å². The molecule has 8 heterocycles. The fraction of sp³-hybridized carbons (Fsp3) is 0.167. The lowest BCUT2D eigenvalue weighted by atomic mass is 9.66. The Labute approximate surface area is 254 Å². The Hall–Kier alpha value is -5.47. The Kier molecular flexibility index (Phi) is 6.16. The van der Waals surface area contributed by atoms with Gasteiger partial charge in [-0.05, 0) is 66.1 Å². The van der Waals surface area contributed by atoms with Gasteiger partial charge in [0, 0.05) is 36.2 Å². The SMILES string of the molecule is C1=COC(C2(c3ncccn3)CN(c3ccon3)C(c3ccsn3)(c3ccn[nH]3)C(c3cccnn3)(c3ccco3)O2)C=C1. The van der Waals surface area contributed by atoms with E-state index in [0.717, 1.165) is 0 Å². The van der Waals surface area contributed by atoms with Crippen LogP contribution < -0.4 is 4.90 Å². The van der Waals surface area contributed by atoms with Gasteiger partial charge in [0.2, 0.25) is 5.60 Å². The number of morpholine rings is 1. The van der Waals surface area contributed by atoms with Crippen molar-refractivity contribution >= 4 is 17.4 Å². The molecule has 13 nitrogen and oxygen atoms in total. The Balaban J connectivity index is 1.57. The van der Waals surface area contributed by atoms with Gasteiger partial charge in [-0.3, -0.25) is 5.10 Å². The quantitative estimate of drug-likeness (QED) is 0.278. The van der Waals surface area contributed by atoms with Crippen molar-refractivity contribution in [2.45, 2.75) is 22.8 Å². The van der Waals surface area contributed by atoms with Crippen LogP contribution in [-0.2, 0) is 26.2 Å². The number of nitrogens with zero attached hydrogens (tertiary/aromatic N) is 8. The summed E-state index contributed by atoms with van der Waals surface area (Å²) in [7, 11) is 0. The molecule has 1 fully saturated rings. The summed E-state index contributed by atoms with van der Waals surface area (Å²) < 4.78 is 30.7. The second kappa shape index (κ2) is 10.4. The van der Waals surface area contributed by atoms with E-state index in [1.807, 2.05) is 46.7 Å². The topological polar surface area (TPSA) is 154 Å². The van der Waals surface area contributed by atoms with E-state index in [9.17, 15) is 0 Å². The number of aromatic amines is 1. The zero-order valence-corrected chi connectivity index (χ0v) is 23.7. The first-order valence-corrected chi connectivity index (χ1v) is 14.5. The molecule has 0 aliphatic carbocycles. The molecule has 44 heavy (non-hydrogen) atoms. The molecule has 218 valence electrons. The lowest BCUT2D eigenvalue weighted by Crippen LogP contribution is -2.74. The lowest BCUT2D eigenvalue weighted by molar-refractivity contribution is -0.243. The van der Waals surface area contributed by atoms with Gasteiger partial charge in [-0.25, -0.2) is 9.97 Å². The van der Waals surface area contributed by atoms with Gasteiger partial charge in [0.05, 0.1) is 30.5 Å². The zero-order valence-electron chi connectivity index (χ0n) is 22.9. The average Bonchev–Trinajstić information content (AvgIpc) is 3.94. The van der Waals surface area contributed by atoms with Crippen molar-refractivity contribution in [1.29, 1.82) is 0 Å². The number of hydrogen-bond donors (Lipinski definition) is 1. The molecule has 0 saturated carbocycles. The van der Waals surface area contributed by atoms with Crippen molar-refractivity contribution in [3.05, 3.63) is 144 Å².